The van der Waals surface area contributed by atoms with E-state index in [-0.39, 0.29) is 32.0 Å². The van der Waals surface area contributed by atoms with Crippen LogP contribution in [0.25, 0.3) is 0 Å². The van der Waals surface area contributed by atoms with Gasteiger partial charge < -0.3 is 57.1 Å². The number of amides is 6. The fraction of sp³-hybridized carbons (Fsp3) is 0.526. The van der Waals surface area contributed by atoms with Gasteiger partial charge in [-0.25, -0.2) is 9.59 Å². The summed E-state index contributed by atoms with van der Waals surface area (Å²) in [5.41, 5.74) is 11.5. The Morgan fingerprint density at radius 1 is 0.750 bits per heavy atom. The van der Waals surface area contributed by atoms with Gasteiger partial charge >= 0.3 is 12.2 Å². The molecule has 3 saturated heterocycles. The lowest BCUT2D eigenvalue weighted by Gasteiger charge is -2.39. The smallest absolute Gasteiger partial charge is 0.405 e. The summed E-state index contributed by atoms with van der Waals surface area (Å²) in [6, 6.07) is 11.4. The number of carbonyl (C=O) groups excluding carboxylic acids is 4. The first-order valence-corrected chi connectivity index (χ1v) is 18.6. The van der Waals surface area contributed by atoms with Crippen LogP contribution in [0.2, 0.25) is 0 Å². The molecule has 5 rings (SSSR count). The molecule has 0 saturated carbocycles. The molecule has 0 aliphatic carbocycles. The minimum Gasteiger partial charge on any atom is -0.465 e. The van der Waals surface area contributed by atoms with Crippen LogP contribution >= 0.6 is 0 Å². The van der Waals surface area contributed by atoms with Crippen LogP contribution in [0.15, 0.2) is 48.5 Å². The Hall–Kier alpha value is -5.30. The molecule has 10 N–H and O–H groups in total. The molecule has 0 bridgehead atoms. The third-order valence-corrected chi connectivity index (χ3v) is 11.2. The summed E-state index contributed by atoms with van der Waals surface area (Å²) in [4.78, 5) is 80.9. The Kier molecular flexibility index (Phi) is 12.9. The van der Waals surface area contributed by atoms with Crippen molar-refractivity contribution in [1.29, 1.82) is 0 Å². The number of ether oxygens (including phenoxy) is 1. The first-order valence-electron chi connectivity index (χ1n) is 18.6. The highest BCUT2D eigenvalue weighted by atomic mass is 16.5. The Balaban J connectivity index is 1.37. The van der Waals surface area contributed by atoms with Crippen molar-refractivity contribution >= 4 is 35.8 Å². The van der Waals surface area contributed by atoms with Gasteiger partial charge in [-0.05, 0) is 68.2 Å². The van der Waals surface area contributed by atoms with E-state index in [0.717, 1.165) is 17.5 Å². The third kappa shape index (κ3) is 8.28. The van der Waals surface area contributed by atoms with Gasteiger partial charge in [-0.1, -0.05) is 48.5 Å². The topological polar surface area (TPSA) is 278 Å². The molecule has 3 aliphatic rings. The number of aliphatic hydroxyl groups is 2. The maximum Gasteiger partial charge on any atom is 0.405 e. The first-order chi connectivity index (χ1) is 26.5. The number of carbonyl (C=O) groups is 6. The molecule has 3 fully saturated rings. The van der Waals surface area contributed by atoms with E-state index in [1.54, 1.807) is 24.3 Å². The summed E-state index contributed by atoms with van der Waals surface area (Å²) in [7, 11) is 0. The van der Waals surface area contributed by atoms with Gasteiger partial charge in [-0.3, -0.25) is 24.1 Å². The second-order valence-corrected chi connectivity index (χ2v) is 14.8. The molecule has 2 aromatic rings. The third-order valence-electron chi connectivity index (χ3n) is 11.2. The van der Waals surface area contributed by atoms with Crippen molar-refractivity contribution in [2.75, 3.05) is 26.3 Å². The Labute approximate surface area is 323 Å². The number of primary amides is 2. The standard InChI is InChI=1S/C38H51N7O11/c1-22(46)29(41-35(52)53)31(48)44-16-3-14-37(44,33(39)50)26-9-5-24(6-10-26)19-43(28-13-18-56-21-28)20-25-7-11-27(12-8-25)38(34(40)51)15-4-17-45(38)32(49)30(23(2)47)42-36(54)55/h5-12,22-23,28-30,41-42,46-47H,3-4,13-21H2,1-2H3,(H2,39,50)(H2,40,51)(H,52,53)(H,54,55)/t22-,23-,28-,29+,30+,37+,38+/m1/s1. The summed E-state index contributed by atoms with van der Waals surface area (Å²) in [5, 5.41) is 43.1. The molecule has 3 aliphatic heterocycles. The molecule has 0 radical (unpaired) electrons. The minimum atomic E-state index is -1.55. The van der Waals surface area contributed by atoms with Gasteiger partial charge in [0, 0.05) is 38.8 Å². The van der Waals surface area contributed by atoms with E-state index in [2.05, 4.69) is 4.90 Å². The number of carboxylic acid groups (broad SMARTS) is 2. The Bertz CT molecular complexity index is 1660. The summed E-state index contributed by atoms with van der Waals surface area (Å²) in [6.07, 6.45) is -3.63. The number of aliphatic hydroxyl groups excluding tert-OH is 2. The maximum absolute atomic E-state index is 13.6. The molecule has 304 valence electrons. The number of nitrogens with zero attached hydrogens (tertiary/aromatic N) is 3. The van der Waals surface area contributed by atoms with E-state index in [9.17, 15) is 49.2 Å². The highest BCUT2D eigenvalue weighted by molar-refractivity contribution is 5.96. The maximum atomic E-state index is 13.6. The number of hydrogen-bond acceptors (Lipinski definition) is 10. The number of hydrogen-bond donors (Lipinski definition) is 8. The van der Waals surface area contributed by atoms with Gasteiger partial charge in [0.25, 0.3) is 0 Å². The average molecular weight is 782 g/mol. The molecule has 18 nitrogen and oxygen atoms in total. The SMILES string of the molecule is C[C@@H](O)[C@H](NC(=O)O)C(=O)N1CCC[C@@]1(C(N)=O)c1ccc(CN(Cc2ccc([C@]3(C(N)=O)CCCN3C(=O)[C@@H](NC(=O)O)[C@@H](C)O)cc2)[C@@H]2CCOC2)cc1. The van der Waals surface area contributed by atoms with Crippen molar-refractivity contribution in [3.05, 3.63) is 70.8 Å². The van der Waals surface area contributed by atoms with E-state index in [1.165, 1.54) is 23.6 Å². The van der Waals surface area contributed by atoms with Crippen molar-refractivity contribution in [1.82, 2.24) is 25.3 Å². The molecule has 56 heavy (non-hydrogen) atoms. The molecule has 0 spiro atoms. The van der Waals surface area contributed by atoms with Crippen LogP contribution in [0, 0.1) is 0 Å². The van der Waals surface area contributed by atoms with E-state index in [0.29, 0.717) is 50.3 Å². The molecule has 6 amide bonds. The van der Waals surface area contributed by atoms with Crippen LogP contribution in [0.4, 0.5) is 9.59 Å². The fourth-order valence-corrected chi connectivity index (χ4v) is 8.38. The lowest BCUT2D eigenvalue weighted by atomic mass is 9.85. The molecular formula is C38H51N7O11. The number of nitrogens with one attached hydrogen (secondary N) is 2. The highest BCUT2D eigenvalue weighted by Crippen LogP contribution is 2.41. The van der Waals surface area contributed by atoms with E-state index in [4.69, 9.17) is 16.2 Å². The minimum absolute atomic E-state index is 0.0625. The molecule has 7 atom stereocenters. The average Bonchev–Trinajstić information content (AvgIpc) is 3.94. The van der Waals surface area contributed by atoms with Crippen LogP contribution in [0.5, 0.6) is 0 Å². The van der Waals surface area contributed by atoms with E-state index in [1.807, 2.05) is 34.9 Å². The van der Waals surface area contributed by atoms with Crippen LogP contribution in [0.3, 0.4) is 0 Å². The summed E-state index contributed by atoms with van der Waals surface area (Å²) >= 11 is 0. The van der Waals surface area contributed by atoms with Gasteiger partial charge in [0.15, 0.2) is 0 Å². The largest absolute Gasteiger partial charge is 0.465 e. The lowest BCUT2D eigenvalue weighted by molar-refractivity contribution is -0.147. The number of rotatable bonds is 15. The molecule has 18 heteroatoms. The van der Waals surface area contributed by atoms with Gasteiger partial charge in [0.2, 0.25) is 23.6 Å². The Morgan fingerprint density at radius 2 is 1.14 bits per heavy atom. The second kappa shape index (κ2) is 17.2. The zero-order chi connectivity index (χ0) is 40.9. The van der Waals surface area contributed by atoms with Crippen molar-refractivity contribution < 1.29 is 53.9 Å². The van der Waals surface area contributed by atoms with E-state index < -0.39 is 71.2 Å². The van der Waals surface area contributed by atoms with Gasteiger partial charge in [0.05, 0.1) is 18.8 Å². The fourth-order valence-electron chi connectivity index (χ4n) is 8.38. The van der Waals surface area contributed by atoms with Gasteiger partial charge in [-0.2, -0.15) is 0 Å². The summed E-state index contributed by atoms with van der Waals surface area (Å²) in [5.74, 6) is -3.05. The van der Waals surface area contributed by atoms with Crippen molar-refractivity contribution in [3.63, 3.8) is 0 Å². The zero-order valence-corrected chi connectivity index (χ0v) is 31.4. The van der Waals surface area contributed by atoms with Crippen LogP contribution in [-0.4, -0.2) is 128 Å². The Morgan fingerprint density at radius 3 is 1.45 bits per heavy atom. The summed E-state index contributed by atoms with van der Waals surface area (Å²) in [6.45, 7) is 4.88. The zero-order valence-electron chi connectivity index (χ0n) is 31.4. The van der Waals surface area contributed by atoms with Crippen molar-refractivity contribution in [2.24, 2.45) is 11.5 Å². The lowest BCUT2D eigenvalue weighted by Crippen LogP contribution is -2.60. The van der Waals surface area contributed by atoms with Gasteiger partial charge in [-0.15, -0.1) is 0 Å². The number of nitrogens with two attached hydrogens (primary N) is 2. The normalized spacial score (nSPS) is 24.3. The molecule has 3 heterocycles. The van der Waals surface area contributed by atoms with Crippen LogP contribution in [-0.2, 0) is 48.1 Å². The summed E-state index contributed by atoms with van der Waals surface area (Å²) < 4.78 is 5.72. The van der Waals surface area contributed by atoms with E-state index >= 15 is 0 Å². The second-order valence-electron chi connectivity index (χ2n) is 14.8. The molecule has 0 unspecified atom stereocenters. The predicted molar refractivity (Wildman–Crippen MR) is 198 cm³/mol. The highest BCUT2D eigenvalue weighted by Gasteiger charge is 2.53. The quantitative estimate of drug-likeness (QED) is 0.120. The number of benzene rings is 2. The first kappa shape index (κ1) is 41.9. The van der Waals surface area contributed by atoms with Crippen LogP contribution < -0.4 is 22.1 Å². The van der Waals surface area contributed by atoms with Crippen molar-refractivity contribution in [3.8, 4) is 0 Å². The monoisotopic (exact) mass is 781 g/mol. The van der Waals surface area contributed by atoms with Gasteiger partial charge in [0.1, 0.15) is 23.2 Å². The number of likely N-dealkylation sites (tertiary alicyclic amines) is 2. The molecule has 0 aromatic heterocycles. The van der Waals surface area contributed by atoms with Crippen LogP contribution in [0.1, 0.15) is 68.2 Å². The predicted octanol–water partition coefficient (Wildman–Crippen LogP) is 0.118. The molecular weight excluding hydrogens is 730 g/mol. The van der Waals surface area contributed by atoms with Crippen molar-refractivity contribution in [2.45, 2.75) is 100 Å². The molecule has 2 aromatic carbocycles.